The van der Waals surface area contributed by atoms with E-state index in [4.69, 9.17) is 0 Å². The summed E-state index contributed by atoms with van der Waals surface area (Å²) >= 11 is 0. The van der Waals surface area contributed by atoms with Gasteiger partial charge in [0, 0.05) is 0 Å². The first-order chi connectivity index (χ1) is 3.97. The molecule has 0 aromatic heterocycles. The maximum atomic E-state index is 3.42. The maximum Gasteiger partial charge on any atom is -0.00173 e. The molecule has 1 saturated carbocycles. The third-order valence-electron chi connectivity index (χ3n) is 2.63. The summed E-state index contributed by atoms with van der Waals surface area (Å²) in [5, 5.41) is 3.42. The van der Waals surface area contributed by atoms with E-state index in [1.54, 1.807) is 0 Å². The molecule has 0 bridgehead atoms. The highest BCUT2D eigenvalue weighted by molar-refractivity contribution is 5.85. The lowest BCUT2D eigenvalue weighted by atomic mass is 10.0. The van der Waals surface area contributed by atoms with E-state index in [0.29, 0.717) is 0 Å². The molecule has 2 fully saturated rings. The van der Waals surface area contributed by atoms with Crippen LogP contribution < -0.4 is 11.5 Å². The van der Waals surface area contributed by atoms with Crippen molar-refractivity contribution in [2.45, 2.75) is 19.3 Å². The van der Waals surface area contributed by atoms with Gasteiger partial charge in [-0.15, -0.1) is 12.4 Å². The van der Waals surface area contributed by atoms with Gasteiger partial charge in [0.2, 0.25) is 0 Å². The normalized spacial score (nSPS) is 36.0. The molecule has 0 amide bonds. The van der Waals surface area contributed by atoms with Crippen LogP contribution in [0, 0.1) is 11.8 Å². The van der Waals surface area contributed by atoms with Crippen molar-refractivity contribution in [3.05, 3.63) is 0 Å². The topological polar surface area (TPSA) is 47.0 Å². The molecular formula is C7H17ClN2. The van der Waals surface area contributed by atoms with Crippen LogP contribution in [0.25, 0.3) is 0 Å². The Morgan fingerprint density at radius 1 is 1.00 bits per heavy atom. The van der Waals surface area contributed by atoms with E-state index in [1.165, 1.54) is 32.4 Å². The maximum absolute atomic E-state index is 3.42. The van der Waals surface area contributed by atoms with Gasteiger partial charge in [0.15, 0.2) is 0 Å². The molecule has 62 valence electrons. The fourth-order valence-corrected chi connectivity index (χ4v) is 2.11. The molecule has 1 aliphatic heterocycles. The van der Waals surface area contributed by atoms with E-state index in [-0.39, 0.29) is 18.6 Å². The van der Waals surface area contributed by atoms with Gasteiger partial charge < -0.3 is 11.5 Å². The predicted octanol–water partition coefficient (Wildman–Crippen LogP) is 1.59. The van der Waals surface area contributed by atoms with Crippen molar-refractivity contribution in [3.63, 3.8) is 0 Å². The molecule has 2 aliphatic rings. The minimum atomic E-state index is 0. The molecule has 2 rings (SSSR count). The lowest BCUT2D eigenvalue weighted by Crippen LogP contribution is -2.08. The van der Waals surface area contributed by atoms with Crippen molar-refractivity contribution < 1.29 is 0 Å². The van der Waals surface area contributed by atoms with Gasteiger partial charge in [-0.05, 0) is 37.8 Å². The molecule has 1 heterocycles. The first-order valence-electron chi connectivity index (χ1n) is 3.67. The van der Waals surface area contributed by atoms with Crippen molar-refractivity contribution in [3.8, 4) is 0 Å². The third kappa shape index (κ3) is 1.62. The van der Waals surface area contributed by atoms with Crippen molar-refractivity contribution in [2.24, 2.45) is 11.8 Å². The fourth-order valence-electron chi connectivity index (χ4n) is 2.11. The van der Waals surface area contributed by atoms with Crippen LogP contribution in [-0.4, -0.2) is 13.1 Å². The smallest absolute Gasteiger partial charge is 0.00173 e. The van der Waals surface area contributed by atoms with Crippen LogP contribution >= 0.6 is 12.4 Å². The van der Waals surface area contributed by atoms with Crippen LogP contribution in [0.3, 0.4) is 0 Å². The SMILES string of the molecule is C1CC2CNCC2C1.Cl.N. The van der Waals surface area contributed by atoms with Gasteiger partial charge in [0.05, 0.1) is 0 Å². The summed E-state index contributed by atoms with van der Waals surface area (Å²) in [6.45, 7) is 2.62. The number of nitrogens with one attached hydrogen (secondary N) is 1. The Morgan fingerprint density at radius 3 is 2.00 bits per heavy atom. The summed E-state index contributed by atoms with van der Waals surface area (Å²) in [7, 11) is 0. The second-order valence-electron chi connectivity index (χ2n) is 3.11. The monoisotopic (exact) mass is 164 g/mol. The molecule has 4 N–H and O–H groups in total. The summed E-state index contributed by atoms with van der Waals surface area (Å²) in [6.07, 6.45) is 4.49. The summed E-state index contributed by atoms with van der Waals surface area (Å²) in [5.74, 6) is 2.13. The number of rotatable bonds is 0. The quantitative estimate of drug-likeness (QED) is 0.571. The molecule has 0 aromatic carbocycles. The Bertz CT molecular complexity index is 77.6. The zero-order valence-corrected chi connectivity index (χ0v) is 7.12. The summed E-state index contributed by atoms with van der Waals surface area (Å²) in [6, 6.07) is 0. The Labute approximate surface area is 68.8 Å². The second-order valence-corrected chi connectivity index (χ2v) is 3.11. The van der Waals surface area contributed by atoms with Crippen LogP contribution in [0.2, 0.25) is 0 Å². The molecule has 10 heavy (non-hydrogen) atoms. The Hall–Kier alpha value is 0.210. The highest BCUT2D eigenvalue weighted by Gasteiger charge is 2.30. The minimum Gasteiger partial charge on any atom is -0.344 e. The van der Waals surface area contributed by atoms with Crippen LogP contribution in [0.15, 0.2) is 0 Å². The lowest BCUT2D eigenvalue weighted by molar-refractivity contribution is 0.494. The zero-order valence-electron chi connectivity index (χ0n) is 6.31. The molecule has 3 heteroatoms. The largest absolute Gasteiger partial charge is 0.344 e. The van der Waals surface area contributed by atoms with E-state index in [1.807, 2.05) is 0 Å². The molecular weight excluding hydrogens is 148 g/mol. The highest BCUT2D eigenvalue weighted by Crippen LogP contribution is 2.33. The van der Waals surface area contributed by atoms with Crippen LogP contribution in [0.4, 0.5) is 0 Å². The summed E-state index contributed by atoms with van der Waals surface area (Å²) in [5.41, 5.74) is 0. The summed E-state index contributed by atoms with van der Waals surface area (Å²) < 4.78 is 0. The van der Waals surface area contributed by atoms with Crippen molar-refractivity contribution in [1.82, 2.24) is 11.5 Å². The zero-order chi connectivity index (χ0) is 5.40. The standard InChI is InChI=1S/C7H13N.ClH.H3N/c1-2-6-4-8-5-7(6)3-1;;/h6-8H,1-5H2;1H;1H3. The van der Waals surface area contributed by atoms with E-state index in [9.17, 15) is 0 Å². The number of hydrogen-bond donors (Lipinski definition) is 2. The number of fused-ring (bicyclic) bond motifs is 1. The third-order valence-corrected chi connectivity index (χ3v) is 2.63. The van der Waals surface area contributed by atoms with Gasteiger partial charge >= 0.3 is 0 Å². The first kappa shape index (κ1) is 10.2. The van der Waals surface area contributed by atoms with Gasteiger partial charge in [-0.3, -0.25) is 0 Å². The first-order valence-corrected chi connectivity index (χ1v) is 3.67. The Balaban J connectivity index is 0.000000405. The van der Waals surface area contributed by atoms with E-state index >= 15 is 0 Å². The molecule has 1 aliphatic carbocycles. The van der Waals surface area contributed by atoms with Crippen molar-refractivity contribution >= 4 is 12.4 Å². The Kier molecular flexibility index (Phi) is 4.25. The lowest BCUT2D eigenvalue weighted by Gasteiger charge is -2.02. The average Bonchev–Trinajstić information content (AvgIpc) is 2.15. The minimum absolute atomic E-state index is 0. The van der Waals surface area contributed by atoms with Crippen molar-refractivity contribution in [1.29, 1.82) is 0 Å². The van der Waals surface area contributed by atoms with Gasteiger partial charge in [-0.1, -0.05) is 6.42 Å². The molecule has 0 radical (unpaired) electrons. The van der Waals surface area contributed by atoms with Gasteiger partial charge in [-0.2, -0.15) is 0 Å². The van der Waals surface area contributed by atoms with E-state index < -0.39 is 0 Å². The van der Waals surface area contributed by atoms with E-state index in [2.05, 4.69) is 5.32 Å². The van der Waals surface area contributed by atoms with Crippen LogP contribution in [0.1, 0.15) is 19.3 Å². The second kappa shape index (κ2) is 4.16. The number of hydrogen-bond acceptors (Lipinski definition) is 2. The van der Waals surface area contributed by atoms with Crippen LogP contribution in [0.5, 0.6) is 0 Å². The summed E-state index contributed by atoms with van der Waals surface area (Å²) in [4.78, 5) is 0. The predicted molar refractivity (Wildman–Crippen MR) is 46.0 cm³/mol. The molecule has 2 unspecified atom stereocenters. The van der Waals surface area contributed by atoms with Gasteiger partial charge in [-0.25, -0.2) is 0 Å². The van der Waals surface area contributed by atoms with Crippen LogP contribution in [-0.2, 0) is 0 Å². The van der Waals surface area contributed by atoms with E-state index in [0.717, 1.165) is 11.8 Å². The molecule has 1 saturated heterocycles. The highest BCUT2D eigenvalue weighted by atomic mass is 35.5. The average molecular weight is 165 g/mol. The molecule has 2 nitrogen and oxygen atoms in total. The van der Waals surface area contributed by atoms with Crippen molar-refractivity contribution in [2.75, 3.05) is 13.1 Å². The molecule has 0 spiro atoms. The molecule has 2 atom stereocenters. The Morgan fingerprint density at radius 2 is 1.50 bits per heavy atom. The number of halogens is 1. The van der Waals surface area contributed by atoms with Gasteiger partial charge in [0.1, 0.15) is 0 Å². The van der Waals surface area contributed by atoms with Gasteiger partial charge in [0.25, 0.3) is 0 Å². The molecule has 0 aromatic rings. The fraction of sp³-hybridized carbons (Fsp3) is 1.00.